The van der Waals surface area contributed by atoms with Crippen LogP contribution in [0, 0.1) is 5.21 Å². The van der Waals surface area contributed by atoms with Gasteiger partial charge in [-0.15, -0.1) is 0 Å². The molecule has 0 saturated carbocycles. The minimum absolute atomic E-state index is 0.147. The van der Waals surface area contributed by atoms with Crippen molar-refractivity contribution in [2.45, 2.75) is 12.8 Å². The second-order valence-corrected chi connectivity index (χ2v) is 5.10. The highest BCUT2D eigenvalue weighted by Gasteiger charge is 2.18. The van der Waals surface area contributed by atoms with Crippen molar-refractivity contribution in [3.05, 3.63) is 71.2 Å². The molecule has 0 spiro atoms. The van der Waals surface area contributed by atoms with Crippen molar-refractivity contribution >= 4 is 11.9 Å². The maximum atomic E-state index is 11.7. The van der Waals surface area contributed by atoms with Gasteiger partial charge < -0.3 is 15.3 Å². The fraction of sp³-hybridized carbons (Fsp3) is 0.235. The summed E-state index contributed by atoms with van der Waals surface area (Å²) in [7, 11) is 0. The first-order chi connectivity index (χ1) is 11.1. The van der Waals surface area contributed by atoms with Gasteiger partial charge in [-0.1, -0.05) is 37.3 Å². The molecule has 6 nitrogen and oxygen atoms in total. The minimum atomic E-state index is -0.827. The number of pyridine rings is 1. The van der Waals surface area contributed by atoms with E-state index in [4.69, 9.17) is 4.74 Å². The van der Waals surface area contributed by atoms with Gasteiger partial charge in [-0.25, -0.2) is 4.79 Å². The van der Waals surface area contributed by atoms with Crippen LogP contribution < -0.4 is 10.0 Å². The molecule has 1 amide bonds. The minimum Gasteiger partial charge on any atom is -0.618 e. The van der Waals surface area contributed by atoms with Crippen LogP contribution in [0.3, 0.4) is 0 Å². The molecule has 1 aromatic heterocycles. The predicted molar refractivity (Wildman–Crippen MR) is 83.6 cm³/mol. The number of rotatable bonds is 6. The summed E-state index contributed by atoms with van der Waals surface area (Å²) in [6.07, 6.45) is 1.19. The van der Waals surface area contributed by atoms with E-state index in [0.29, 0.717) is 11.3 Å². The summed E-state index contributed by atoms with van der Waals surface area (Å²) in [5.74, 6) is -1.09. The molecule has 6 heteroatoms. The van der Waals surface area contributed by atoms with Gasteiger partial charge in [0.05, 0.1) is 0 Å². The standard InChI is InChI=1S/C17H18N2O4/c1-13(14-7-3-2-4-8-14)11-18-16(20)12-23-17(21)15-9-5-6-10-19(15)22/h2-10,13H,11-12H2,1H3,(H,18,20)/t13-/m0/s1. The number of benzene rings is 1. The first kappa shape index (κ1) is 16.5. The molecule has 0 fully saturated rings. The first-order valence-electron chi connectivity index (χ1n) is 7.25. The zero-order valence-corrected chi connectivity index (χ0v) is 12.8. The fourth-order valence-electron chi connectivity index (χ4n) is 2.01. The van der Waals surface area contributed by atoms with Crippen molar-refractivity contribution in [2.75, 3.05) is 13.2 Å². The van der Waals surface area contributed by atoms with E-state index in [1.165, 1.54) is 18.3 Å². The van der Waals surface area contributed by atoms with Gasteiger partial charge in [-0.05, 0) is 17.5 Å². The lowest BCUT2D eigenvalue weighted by Crippen LogP contribution is -2.36. The molecule has 0 aliphatic rings. The molecule has 23 heavy (non-hydrogen) atoms. The number of amides is 1. The highest BCUT2D eigenvalue weighted by Crippen LogP contribution is 2.12. The van der Waals surface area contributed by atoms with Crippen molar-refractivity contribution in [2.24, 2.45) is 0 Å². The predicted octanol–water partition coefficient (Wildman–Crippen LogP) is 1.40. The Morgan fingerprint density at radius 1 is 1.17 bits per heavy atom. The van der Waals surface area contributed by atoms with Gasteiger partial charge >= 0.3 is 11.7 Å². The normalized spacial score (nSPS) is 11.5. The quantitative estimate of drug-likeness (QED) is 0.496. The summed E-state index contributed by atoms with van der Waals surface area (Å²) in [6.45, 7) is 2.01. The van der Waals surface area contributed by atoms with Gasteiger partial charge in [0, 0.05) is 18.7 Å². The molecule has 0 aliphatic heterocycles. The van der Waals surface area contributed by atoms with Gasteiger partial charge in [0.1, 0.15) is 0 Å². The van der Waals surface area contributed by atoms with Crippen LogP contribution in [0.4, 0.5) is 0 Å². The van der Waals surface area contributed by atoms with Crippen LogP contribution >= 0.6 is 0 Å². The molecule has 0 radical (unpaired) electrons. The monoisotopic (exact) mass is 314 g/mol. The second-order valence-electron chi connectivity index (χ2n) is 5.10. The molecule has 2 rings (SSSR count). The van der Waals surface area contributed by atoms with E-state index in [9.17, 15) is 14.8 Å². The van der Waals surface area contributed by atoms with E-state index in [2.05, 4.69) is 5.32 Å². The molecule has 0 aliphatic carbocycles. The lowest BCUT2D eigenvalue weighted by molar-refractivity contribution is -0.608. The van der Waals surface area contributed by atoms with E-state index in [0.717, 1.165) is 5.56 Å². The van der Waals surface area contributed by atoms with E-state index < -0.39 is 18.5 Å². The third kappa shape index (κ3) is 4.81. The van der Waals surface area contributed by atoms with Crippen LogP contribution in [0.1, 0.15) is 28.9 Å². The number of hydrogen-bond acceptors (Lipinski definition) is 4. The molecule has 0 saturated heterocycles. The summed E-state index contributed by atoms with van der Waals surface area (Å²) in [6, 6.07) is 14.2. The molecule has 0 unspecified atom stereocenters. The first-order valence-corrected chi connectivity index (χ1v) is 7.25. The van der Waals surface area contributed by atoms with Crippen molar-refractivity contribution in [3.63, 3.8) is 0 Å². The largest absolute Gasteiger partial charge is 0.618 e. The Morgan fingerprint density at radius 3 is 2.57 bits per heavy atom. The molecular formula is C17H18N2O4. The van der Waals surface area contributed by atoms with Gasteiger partial charge in [0.25, 0.3) is 5.91 Å². The molecule has 1 heterocycles. The van der Waals surface area contributed by atoms with Crippen LogP contribution in [-0.2, 0) is 9.53 Å². The Labute approximate surface area is 134 Å². The van der Waals surface area contributed by atoms with Crippen molar-refractivity contribution in [1.29, 1.82) is 0 Å². The second kappa shape index (κ2) is 7.93. The zero-order chi connectivity index (χ0) is 16.7. The topological polar surface area (TPSA) is 82.3 Å². The Hall–Kier alpha value is -2.89. The average molecular weight is 314 g/mol. The van der Waals surface area contributed by atoms with Crippen LogP contribution in [0.15, 0.2) is 54.7 Å². The molecule has 120 valence electrons. The van der Waals surface area contributed by atoms with Crippen LogP contribution in [-0.4, -0.2) is 25.0 Å². The van der Waals surface area contributed by atoms with Gasteiger partial charge in [0.2, 0.25) is 0 Å². The number of aromatic nitrogens is 1. The third-order valence-electron chi connectivity index (χ3n) is 3.34. The van der Waals surface area contributed by atoms with Crippen LogP contribution in [0.2, 0.25) is 0 Å². The lowest BCUT2D eigenvalue weighted by atomic mass is 10.0. The summed E-state index contributed by atoms with van der Waals surface area (Å²) in [5, 5.41) is 14.1. The number of hydrogen-bond donors (Lipinski definition) is 1. The molecule has 2 aromatic rings. The molecule has 1 aromatic carbocycles. The molecular weight excluding hydrogens is 296 g/mol. The Morgan fingerprint density at radius 2 is 1.87 bits per heavy atom. The third-order valence-corrected chi connectivity index (χ3v) is 3.34. The smallest absolute Gasteiger partial charge is 0.405 e. The Kier molecular flexibility index (Phi) is 5.68. The van der Waals surface area contributed by atoms with Crippen molar-refractivity contribution in [1.82, 2.24) is 5.32 Å². The maximum absolute atomic E-state index is 11.7. The van der Waals surface area contributed by atoms with Gasteiger partial charge in [-0.2, -0.15) is 4.73 Å². The lowest BCUT2D eigenvalue weighted by Gasteiger charge is -2.13. The van der Waals surface area contributed by atoms with Crippen LogP contribution in [0.25, 0.3) is 0 Å². The summed E-state index contributed by atoms with van der Waals surface area (Å²) in [5.41, 5.74) is 0.958. The van der Waals surface area contributed by atoms with Crippen molar-refractivity contribution in [3.8, 4) is 0 Å². The number of nitrogens with one attached hydrogen (secondary N) is 1. The van der Waals surface area contributed by atoms with E-state index in [-0.39, 0.29) is 11.6 Å². The SMILES string of the molecule is C[C@@H](CNC(=O)COC(=O)c1cccc[n+]1[O-])c1ccccc1. The zero-order valence-electron chi connectivity index (χ0n) is 12.8. The molecule has 1 N–H and O–H groups in total. The van der Waals surface area contributed by atoms with E-state index in [1.54, 1.807) is 6.07 Å². The average Bonchev–Trinajstić information content (AvgIpc) is 2.58. The number of carbonyl (C=O) groups is 2. The Bertz CT molecular complexity index is 673. The van der Waals surface area contributed by atoms with E-state index in [1.807, 2.05) is 37.3 Å². The summed E-state index contributed by atoms with van der Waals surface area (Å²) < 4.78 is 5.24. The maximum Gasteiger partial charge on any atom is 0.405 e. The van der Waals surface area contributed by atoms with Crippen molar-refractivity contribution < 1.29 is 19.1 Å². The number of ether oxygens (including phenoxy) is 1. The molecule has 1 atom stereocenters. The summed E-state index contributed by atoms with van der Waals surface area (Å²) >= 11 is 0. The highest BCUT2D eigenvalue weighted by molar-refractivity contribution is 5.88. The fourth-order valence-corrected chi connectivity index (χ4v) is 2.01. The summed E-state index contributed by atoms with van der Waals surface area (Å²) in [4.78, 5) is 23.4. The number of carbonyl (C=O) groups excluding carboxylic acids is 2. The number of nitrogens with zero attached hydrogens (tertiary/aromatic N) is 1. The Balaban J connectivity index is 1.77. The molecule has 0 bridgehead atoms. The van der Waals surface area contributed by atoms with Crippen LogP contribution in [0.5, 0.6) is 0 Å². The number of esters is 1. The van der Waals surface area contributed by atoms with Gasteiger partial charge in [-0.3, -0.25) is 4.79 Å². The van der Waals surface area contributed by atoms with E-state index >= 15 is 0 Å². The van der Waals surface area contributed by atoms with Gasteiger partial charge in [0.15, 0.2) is 12.8 Å². The highest BCUT2D eigenvalue weighted by atomic mass is 16.5.